The van der Waals surface area contributed by atoms with E-state index in [0.717, 1.165) is 25.7 Å². The van der Waals surface area contributed by atoms with Gasteiger partial charge in [-0.05, 0) is 19.3 Å². The Balaban J connectivity index is 1.69. The number of furan rings is 1. The van der Waals surface area contributed by atoms with Crippen molar-refractivity contribution in [1.82, 2.24) is 5.32 Å². The molecule has 0 saturated heterocycles. The fraction of sp³-hybridized carbons (Fsp3) is 0.625. The molecule has 0 aliphatic heterocycles. The first kappa shape index (κ1) is 13.4. The second-order valence-corrected chi connectivity index (χ2v) is 5.89. The molecule has 2 aliphatic carbocycles. The van der Waals surface area contributed by atoms with Crippen molar-refractivity contribution in [2.24, 2.45) is 0 Å². The molecule has 1 aromatic rings. The number of aryl methyl sites for hydroxylation is 1. The van der Waals surface area contributed by atoms with Gasteiger partial charge in [0.15, 0.2) is 11.5 Å². The lowest BCUT2D eigenvalue weighted by Gasteiger charge is -2.14. The maximum atomic E-state index is 12.2. The number of hydrogen-bond donors (Lipinski definition) is 1. The third kappa shape index (κ3) is 2.79. The molecular formula is C16H21NO3. The predicted molar refractivity (Wildman–Crippen MR) is 74.9 cm³/mol. The SMILES string of the molecule is O=C(NC1CCCCCC1)c1cc2c(o1)CCCC2=O. The fourth-order valence-corrected chi connectivity index (χ4v) is 3.19. The van der Waals surface area contributed by atoms with Crippen LogP contribution in [0.15, 0.2) is 10.5 Å². The molecule has 0 radical (unpaired) electrons. The highest BCUT2D eigenvalue weighted by molar-refractivity contribution is 6.01. The van der Waals surface area contributed by atoms with Crippen LogP contribution in [0, 0.1) is 0 Å². The van der Waals surface area contributed by atoms with Crippen molar-refractivity contribution < 1.29 is 14.0 Å². The molecule has 0 spiro atoms. The second kappa shape index (κ2) is 5.81. The van der Waals surface area contributed by atoms with E-state index in [4.69, 9.17) is 4.42 Å². The van der Waals surface area contributed by atoms with Gasteiger partial charge in [0.1, 0.15) is 5.76 Å². The molecule has 2 aliphatic rings. The maximum Gasteiger partial charge on any atom is 0.287 e. The van der Waals surface area contributed by atoms with E-state index in [1.54, 1.807) is 6.07 Å². The molecule has 0 aromatic carbocycles. The third-order valence-electron chi connectivity index (χ3n) is 4.33. The van der Waals surface area contributed by atoms with Gasteiger partial charge in [0.25, 0.3) is 5.91 Å². The van der Waals surface area contributed by atoms with E-state index >= 15 is 0 Å². The van der Waals surface area contributed by atoms with Gasteiger partial charge in [0.05, 0.1) is 5.56 Å². The van der Waals surface area contributed by atoms with Crippen LogP contribution in [-0.4, -0.2) is 17.7 Å². The Bertz CT molecular complexity index is 510. The minimum atomic E-state index is -0.168. The number of hydrogen-bond acceptors (Lipinski definition) is 3. The summed E-state index contributed by atoms with van der Waals surface area (Å²) in [4.78, 5) is 24.0. The molecule has 0 bridgehead atoms. The number of carbonyl (C=O) groups excluding carboxylic acids is 2. The first-order valence-corrected chi connectivity index (χ1v) is 7.71. The smallest absolute Gasteiger partial charge is 0.287 e. The molecule has 1 fully saturated rings. The van der Waals surface area contributed by atoms with Gasteiger partial charge in [-0.2, -0.15) is 0 Å². The van der Waals surface area contributed by atoms with E-state index in [1.165, 1.54) is 25.7 Å². The van der Waals surface area contributed by atoms with Crippen molar-refractivity contribution in [2.45, 2.75) is 63.8 Å². The van der Waals surface area contributed by atoms with Gasteiger partial charge in [-0.3, -0.25) is 9.59 Å². The molecular weight excluding hydrogens is 254 g/mol. The molecule has 1 aromatic heterocycles. The van der Waals surface area contributed by atoms with Gasteiger partial charge in [-0.15, -0.1) is 0 Å². The number of rotatable bonds is 2. The Morgan fingerprint density at radius 1 is 1.10 bits per heavy atom. The Morgan fingerprint density at radius 2 is 1.85 bits per heavy atom. The van der Waals surface area contributed by atoms with Crippen molar-refractivity contribution in [3.05, 3.63) is 23.2 Å². The van der Waals surface area contributed by atoms with Crippen molar-refractivity contribution >= 4 is 11.7 Å². The topological polar surface area (TPSA) is 59.3 Å². The van der Waals surface area contributed by atoms with Gasteiger partial charge in [-0.25, -0.2) is 0 Å². The number of carbonyl (C=O) groups is 2. The molecule has 1 saturated carbocycles. The van der Waals surface area contributed by atoms with E-state index in [2.05, 4.69) is 5.32 Å². The number of Topliss-reactive ketones (excluding diaryl/α,β-unsaturated/α-hetero) is 1. The molecule has 1 amide bonds. The molecule has 108 valence electrons. The van der Waals surface area contributed by atoms with E-state index in [1.807, 2.05) is 0 Å². The monoisotopic (exact) mass is 275 g/mol. The molecule has 1 N–H and O–H groups in total. The van der Waals surface area contributed by atoms with E-state index < -0.39 is 0 Å². The van der Waals surface area contributed by atoms with Crippen LogP contribution in [-0.2, 0) is 6.42 Å². The molecule has 20 heavy (non-hydrogen) atoms. The summed E-state index contributed by atoms with van der Waals surface area (Å²) >= 11 is 0. The van der Waals surface area contributed by atoms with Crippen LogP contribution in [0.25, 0.3) is 0 Å². The molecule has 0 unspecified atom stereocenters. The summed E-state index contributed by atoms with van der Waals surface area (Å²) < 4.78 is 5.58. The summed E-state index contributed by atoms with van der Waals surface area (Å²) in [5.74, 6) is 0.921. The molecule has 3 rings (SSSR count). The van der Waals surface area contributed by atoms with Crippen LogP contribution >= 0.6 is 0 Å². The minimum absolute atomic E-state index is 0.100. The van der Waals surface area contributed by atoms with Gasteiger partial charge in [0, 0.05) is 24.9 Å². The number of fused-ring (bicyclic) bond motifs is 1. The van der Waals surface area contributed by atoms with Crippen LogP contribution in [0.2, 0.25) is 0 Å². The maximum absolute atomic E-state index is 12.2. The Kier molecular flexibility index (Phi) is 3.90. The van der Waals surface area contributed by atoms with Crippen molar-refractivity contribution in [3.63, 3.8) is 0 Å². The summed E-state index contributed by atoms with van der Waals surface area (Å²) in [6, 6.07) is 1.88. The van der Waals surface area contributed by atoms with Crippen molar-refractivity contribution in [1.29, 1.82) is 0 Å². The summed E-state index contributed by atoms with van der Waals surface area (Å²) in [5, 5.41) is 3.06. The minimum Gasteiger partial charge on any atom is -0.455 e. The molecule has 1 heterocycles. The Morgan fingerprint density at radius 3 is 2.55 bits per heavy atom. The van der Waals surface area contributed by atoms with Gasteiger partial charge in [0.2, 0.25) is 0 Å². The lowest BCUT2D eigenvalue weighted by atomic mass is 9.97. The van der Waals surface area contributed by atoms with Crippen LogP contribution in [0.3, 0.4) is 0 Å². The van der Waals surface area contributed by atoms with Crippen LogP contribution in [0.1, 0.15) is 78.0 Å². The van der Waals surface area contributed by atoms with Crippen LogP contribution < -0.4 is 5.32 Å². The lowest BCUT2D eigenvalue weighted by Crippen LogP contribution is -2.34. The van der Waals surface area contributed by atoms with Gasteiger partial charge in [-0.1, -0.05) is 25.7 Å². The highest BCUT2D eigenvalue weighted by atomic mass is 16.4. The Labute approximate surface area is 118 Å². The standard InChI is InChI=1S/C16H21NO3/c18-13-8-5-9-14-12(13)10-15(20-14)16(19)17-11-6-3-1-2-4-7-11/h10-11H,1-9H2,(H,17,19). The van der Waals surface area contributed by atoms with Crippen molar-refractivity contribution in [2.75, 3.05) is 0 Å². The summed E-state index contributed by atoms with van der Waals surface area (Å²) in [7, 11) is 0. The Hall–Kier alpha value is -1.58. The van der Waals surface area contributed by atoms with E-state index in [-0.39, 0.29) is 17.7 Å². The zero-order chi connectivity index (χ0) is 13.9. The number of ketones is 1. The largest absolute Gasteiger partial charge is 0.455 e. The average molecular weight is 275 g/mol. The first-order valence-electron chi connectivity index (χ1n) is 7.71. The highest BCUT2D eigenvalue weighted by Crippen LogP contribution is 2.25. The van der Waals surface area contributed by atoms with Crippen LogP contribution in [0.4, 0.5) is 0 Å². The second-order valence-electron chi connectivity index (χ2n) is 5.89. The summed E-state index contributed by atoms with van der Waals surface area (Å²) in [6.45, 7) is 0. The normalized spacial score (nSPS) is 20.3. The van der Waals surface area contributed by atoms with Crippen LogP contribution in [0.5, 0.6) is 0 Å². The molecule has 4 heteroatoms. The molecule has 0 atom stereocenters. The fourth-order valence-electron chi connectivity index (χ4n) is 3.19. The third-order valence-corrected chi connectivity index (χ3v) is 4.33. The number of amides is 1. The van der Waals surface area contributed by atoms with E-state index in [9.17, 15) is 9.59 Å². The average Bonchev–Trinajstić information content (AvgIpc) is 2.72. The van der Waals surface area contributed by atoms with E-state index in [0.29, 0.717) is 23.5 Å². The van der Waals surface area contributed by atoms with Gasteiger partial charge >= 0.3 is 0 Å². The van der Waals surface area contributed by atoms with Crippen molar-refractivity contribution in [3.8, 4) is 0 Å². The van der Waals surface area contributed by atoms with Gasteiger partial charge < -0.3 is 9.73 Å². The molecule has 4 nitrogen and oxygen atoms in total. The quantitative estimate of drug-likeness (QED) is 0.843. The summed E-state index contributed by atoms with van der Waals surface area (Å²) in [5.41, 5.74) is 0.613. The zero-order valence-electron chi connectivity index (χ0n) is 11.7. The first-order chi connectivity index (χ1) is 9.74. The highest BCUT2D eigenvalue weighted by Gasteiger charge is 2.25. The predicted octanol–water partition coefficient (Wildman–Crippen LogP) is 3.25. The lowest BCUT2D eigenvalue weighted by molar-refractivity contribution is 0.0900. The summed E-state index contributed by atoms with van der Waals surface area (Å²) in [6.07, 6.45) is 9.12. The number of nitrogens with one attached hydrogen (secondary N) is 1. The zero-order valence-corrected chi connectivity index (χ0v) is 11.7.